The van der Waals surface area contributed by atoms with Crippen LogP contribution in [0.1, 0.15) is 28.8 Å². The second-order valence-corrected chi connectivity index (χ2v) is 6.19. The van der Waals surface area contributed by atoms with Gasteiger partial charge in [-0.2, -0.15) is 0 Å². The van der Waals surface area contributed by atoms with Gasteiger partial charge in [0.05, 0.1) is 0 Å². The molecule has 0 unspecified atom stereocenters. The molecule has 0 N–H and O–H groups in total. The Bertz CT molecular complexity index is 646. The molecule has 1 fully saturated rings. The van der Waals surface area contributed by atoms with E-state index in [0.717, 1.165) is 37.3 Å². The van der Waals surface area contributed by atoms with E-state index in [0.29, 0.717) is 6.04 Å². The van der Waals surface area contributed by atoms with Gasteiger partial charge in [-0.25, -0.2) is 4.98 Å². The molecule has 2 aromatic rings. The van der Waals surface area contributed by atoms with Crippen LogP contribution in [0.4, 0.5) is 5.82 Å². The van der Waals surface area contributed by atoms with Crippen molar-refractivity contribution in [3.8, 4) is 0 Å². The molecular weight excluding hydrogens is 286 g/mol. The molecule has 4 nitrogen and oxygen atoms in total. The largest absolute Gasteiger partial charge is 0.356 e. The molecule has 0 aliphatic carbocycles. The minimum Gasteiger partial charge on any atom is -0.356 e. The average molecular weight is 309 g/mol. The molecule has 0 radical (unpaired) electrons. The van der Waals surface area contributed by atoms with Crippen LogP contribution in [-0.2, 0) is 0 Å². The quantitative estimate of drug-likeness (QED) is 0.874. The lowest BCUT2D eigenvalue weighted by molar-refractivity contribution is 0.0709. The molecule has 23 heavy (non-hydrogen) atoms. The summed E-state index contributed by atoms with van der Waals surface area (Å²) in [6.07, 6.45) is 3.78. The van der Waals surface area contributed by atoms with Crippen molar-refractivity contribution in [3.63, 3.8) is 0 Å². The molecule has 4 heteroatoms. The minimum atomic E-state index is 0.112. The Labute approximate surface area is 137 Å². The Morgan fingerprint density at radius 2 is 1.83 bits per heavy atom. The van der Waals surface area contributed by atoms with E-state index < -0.39 is 0 Å². The minimum absolute atomic E-state index is 0.112. The lowest BCUT2D eigenvalue weighted by Gasteiger charge is -2.37. The molecule has 1 aromatic heterocycles. The summed E-state index contributed by atoms with van der Waals surface area (Å²) in [5.41, 5.74) is 1.94. The number of amides is 1. The van der Waals surface area contributed by atoms with Crippen molar-refractivity contribution in [1.82, 2.24) is 9.88 Å². The van der Waals surface area contributed by atoms with E-state index in [4.69, 9.17) is 0 Å². The molecule has 1 saturated heterocycles. The molecule has 0 bridgehead atoms. The van der Waals surface area contributed by atoms with Gasteiger partial charge in [-0.15, -0.1) is 0 Å². The summed E-state index contributed by atoms with van der Waals surface area (Å²) in [6, 6.07) is 14.1. The molecule has 2 heterocycles. The highest BCUT2D eigenvalue weighted by Gasteiger charge is 2.26. The molecule has 3 rings (SSSR count). The number of carbonyl (C=O) groups is 1. The number of carbonyl (C=O) groups excluding carboxylic acids is 1. The molecule has 1 aliphatic rings. The fourth-order valence-corrected chi connectivity index (χ4v) is 3.09. The Kier molecular flexibility index (Phi) is 4.60. The first-order valence-electron chi connectivity index (χ1n) is 8.15. The number of aromatic nitrogens is 1. The first kappa shape index (κ1) is 15.5. The van der Waals surface area contributed by atoms with Crippen molar-refractivity contribution in [2.45, 2.75) is 25.8 Å². The normalized spacial score (nSPS) is 15.5. The summed E-state index contributed by atoms with van der Waals surface area (Å²) in [5.74, 6) is 1.14. The maximum absolute atomic E-state index is 12.6. The average Bonchev–Trinajstić information content (AvgIpc) is 2.62. The summed E-state index contributed by atoms with van der Waals surface area (Å²) in [6.45, 7) is 3.91. The lowest BCUT2D eigenvalue weighted by Crippen LogP contribution is -2.45. The fourth-order valence-electron chi connectivity index (χ4n) is 3.09. The second kappa shape index (κ2) is 6.82. The van der Waals surface area contributed by atoms with Gasteiger partial charge >= 0.3 is 0 Å². The van der Waals surface area contributed by atoms with E-state index >= 15 is 0 Å². The first-order chi connectivity index (χ1) is 11.1. The van der Waals surface area contributed by atoms with Crippen LogP contribution in [-0.4, -0.2) is 42.0 Å². The Morgan fingerprint density at radius 3 is 2.43 bits per heavy atom. The number of nitrogens with zero attached hydrogens (tertiary/aromatic N) is 3. The molecular formula is C19H23N3O. The number of aryl methyl sites for hydroxylation is 1. The van der Waals surface area contributed by atoms with Crippen molar-refractivity contribution >= 4 is 11.7 Å². The van der Waals surface area contributed by atoms with E-state index in [-0.39, 0.29) is 5.91 Å². The maximum Gasteiger partial charge on any atom is 0.253 e. The van der Waals surface area contributed by atoms with Gasteiger partial charge in [-0.05, 0) is 44.0 Å². The van der Waals surface area contributed by atoms with Gasteiger partial charge in [0, 0.05) is 37.9 Å². The van der Waals surface area contributed by atoms with Crippen molar-refractivity contribution in [2.75, 3.05) is 25.0 Å². The van der Waals surface area contributed by atoms with E-state index in [9.17, 15) is 4.79 Å². The van der Waals surface area contributed by atoms with Gasteiger partial charge in [0.1, 0.15) is 5.82 Å². The van der Waals surface area contributed by atoms with E-state index in [1.165, 1.54) is 5.56 Å². The van der Waals surface area contributed by atoms with Gasteiger partial charge in [-0.3, -0.25) is 4.79 Å². The summed E-state index contributed by atoms with van der Waals surface area (Å²) >= 11 is 0. The van der Waals surface area contributed by atoms with Crippen LogP contribution in [0.15, 0.2) is 48.7 Å². The van der Waals surface area contributed by atoms with E-state index in [2.05, 4.69) is 9.88 Å². The van der Waals surface area contributed by atoms with E-state index in [1.807, 2.05) is 67.5 Å². The number of hydrogen-bond acceptors (Lipinski definition) is 3. The highest BCUT2D eigenvalue weighted by molar-refractivity contribution is 5.94. The molecule has 0 spiro atoms. The number of pyridine rings is 1. The van der Waals surface area contributed by atoms with Gasteiger partial charge < -0.3 is 9.80 Å². The fraction of sp³-hybridized carbons (Fsp3) is 0.368. The first-order valence-corrected chi connectivity index (χ1v) is 8.15. The SMILES string of the molecule is Cc1ccc(C(=O)N(C)C2CCN(c3ccccn3)CC2)cc1. The van der Waals surface area contributed by atoms with Crippen molar-refractivity contribution in [1.29, 1.82) is 0 Å². The predicted molar refractivity (Wildman–Crippen MR) is 92.7 cm³/mol. The molecule has 0 atom stereocenters. The Hall–Kier alpha value is -2.36. The zero-order chi connectivity index (χ0) is 16.2. The number of hydrogen-bond donors (Lipinski definition) is 0. The number of anilines is 1. The van der Waals surface area contributed by atoms with Crippen LogP contribution in [0.3, 0.4) is 0 Å². The number of rotatable bonds is 3. The lowest BCUT2D eigenvalue weighted by atomic mass is 10.0. The van der Waals surface area contributed by atoms with Gasteiger partial charge in [-0.1, -0.05) is 23.8 Å². The summed E-state index contributed by atoms with van der Waals surface area (Å²) in [4.78, 5) is 21.2. The smallest absolute Gasteiger partial charge is 0.253 e. The molecule has 1 aliphatic heterocycles. The molecule has 0 saturated carbocycles. The number of piperidine rings is 1. The van der Waals surface area contributed by atoms with Crippen LogP contribution in [0.25, 0.3) is 0 Å². The third-order valence-corrected chi connectivity index (χ3v) is 4.60. The van der Waals surface area contributed by atoms with Gasteiger partial charge in [0.15, 0.2) is 0 Å². The van der Waals surface area contributed by atoms with Crippen molar-refractivity contribution in [3.05, 3.63) is 59.8 Å². The van der Waals surface area contributed by atoms with Gasteiger partial charge in [0.2, 0.25) is 0 Å². The van der Waals surface area contributed by atoms with Crippen LogP contribution in [0.2, 0.25) is 0 Å². The Morgan fingerprint density at radius 1 is 1.13 bits per heavy atom. The topological polar surface area (TPSA) is 36.4 Å². The molecule has 120 valence electrons. The molecule has 1 amide bonds. The highest BCUT2D eigenvalue weighted by atomic mass is 16.2. The standard InChI is InChI=1S/C19H23N3O/c1-15-6-8-16(9-7-15)19(23)21(2)17-10-13-22(14-11-17)18-5-3-4-12-20-18/h3-9,12,17H,10-11,13-14H2,1-2H3. The zero-order valence-corrected chi connectivity index (χ0v) is 13.8. The summed E-state index contributed by atoms with van der Waals surface area (Å²) in [7, 11) is 1.92. The highest BCUT2D eigenvalue weighted by Crippen LogP contribution is 2.21. The Balaban J connectivity index is 1.60. The monoisotopic (exact) mass is 309 g/mol. The van der Waals surface area contributed by atoms with Crippen LogP contribution in [0, 0.1) is 6.92 Å². The zero-order valence-electron chi connectivity index (χ0n) is 13.8. The third-order valence-electron chi connectivity index (χ3n) is 4.60. The maximum atomic E-state index is 12.6. The predicted octanol–water partition coefficient (Wildman–Crippen LogP) is 3.13. The van der Waals surface area contributed by atoms with Crippen LogP contribution in [0.5, 0.6) is 0 Å². The van der Waals surface area contributed by atoms with Crippen LogP contribution < -0.4 is 4.90 Å². The summed E-state index contributed by atoms with van der Waals surface area (Å²) in [5, 5.41) is 0. The number of benzene rings is 1. The summed E-state index contributed by atoms with van der Waals surface area (Å²) < 4.78 is 0. The third kappa shape index (κ3) is 3.52. The van der Waals surface area contributed by atoms with Crippen molar-refractivity contribution < 1.29 is 4.79 Å². The van der Waals surface area contributed by atoms with Crippen LogP contribution >= 0.6 is 0 Å². The van der Waals surface area contributed by atoms with E-state index in [1.54, 1.807) is 0 Å². The van der Waals surface area contributed by atoms with Gasteiger partial charge in [0.25, 0.3) is 5.91 Å². The van der Waals surface area contributed by atoms with Crippen molar-refractivity contribution in [2.24, 2.45) is 0 Å². The second-order valence-electron chi connectivity index (χ2n) is 6.19. The molecule has 1 aromatic carbocycles.